The maximum absolute atomic E-state index is 12.0. The summed E-state index contributed by atoms with van der Waals surface area (Å²) in [5.74, 6) is 0.187. The Morgan fingerprint density at radius 2 is 2.04 bits per heavy atom. The van der Waals surface area contributed by atoms with Crippen molar-refractivity contribution in [3.05, 3.63) is 57.1 Å². The molecule has 6 nitrogen and oxygen atoms in total. The molecule has 3 rings (SSSR count). The molecule has 0 amide bonds. The molecule has 0 radical (unpaired) electrons. The van der Waals surface area contributed by atoms with Gasteiger partial charge in [-0.05, 0) is 12.1 Å². The summed E-state index contributed by atoms with van der Waals surface area (Å²) in [5, 5.41) is 3.90. The van der Waals surface area contributed by atoms with Gasteiger partial charge in [0.05, 0.1) is 21.3 Å². The first-order valence-corrected chi connectivity index (χ1v) is 7.35. The third-order valence-corrected chi connectivity index (χ3v) is 4.03. The molecule has 0 aromatic carbocycles. The third-order valence-electron chi connectivity index (χ3n) is 2.78. The second-order valence-corrected chi connectivity index (χ2v) is 5.48. The van der Waals surface area contributed by atoms with Gasteiger partial charge in [-0.25, -0.2) is 9.78 Å². The van der Waals surface area contributed by atoms with Crippen LogP contribution in [0.4, 0.5) is 0 Å². The Bertz CT molecular complexity index is 846. The maximum Gasteiger partial charge on any atom is 0.358 e. The van der Waals surface area contributed by atoms with E-state index in [1.807, 2.05) is 0 Å². The van der Waals surface area contributed by atoms with E-state index >= 15 is 0 Å². The van der Waals surface area contributed by atoms with E-state index < -0.39 is 5.97 Å². The Kier molecular flexibility index (Phi) is 4.56. The molecule has 0 aliphatic heterocycles. The number of ether oxygens (including phenoxy) is 1. The lowest BCUT2D eigenvalue weighted by molar-refractivity contribution is 0.0457. The van der Waals surface area contributed by atoms with Crippen LogP contribution in [0.1, 0.15) is 16.2 Å². The van der Waals surface area contributed by atoms with E-state index in [0.717, 1.165) is 0 Å². The highest BCUT2D eigenvalue weighted by atomic mass is 35.5. The fourth-order valence-electron chi connectivity index (χ4n) is 1.71. The summed E-state index contributed by atoms with van der Waals surface area (Å²) < 4.78 is 15.3. The van der Waals surface area contributed by atoms with Crippen molar-refractivity contribution in [1.29, 1.82) is 0 Å². The Labute approximate surface area is 144 Å². The summed E-state index contributed by atoms with van der Waals surface area (Å²) in [5.41, 5.74) is 0.275. The monoisotopic (exact) mass is 372 g/mol. The largest absolute Gasteiger partial charge is 0.461 e. The Morgan fingerprint density at radius 1 is 1.22 bits per heavy atom. The Morgan fingerprint density at radius 3 is 2.78 bits per heavy atom. The van der Waals surface area contributed by atoms with Crippen molar-refractivity contribution in [1.82, 2.24) is 10.1 Å². The molecule has 23 heavy (non-hydrogen) atoms. The Hall–Kier alpha value is -2.02. The molecule has 0 aliphatic rings. The molecule has 0 atom stereocenters. The molecule has 0 fully saturated rings. The van der Waals surface area contributed by atoms with Gasteiger partial charge in [0, 0.05) is 12.3 Å². The second kappa shape index (κ2) is 6.62. The summed E-state index contributed by atoms with van der Waals surface area (Å²) in [6.45, 7) is -0.124. The van der Waals surface area contributed by atoms with Gasteiger partial charge < -0.3 is 13.7 Å². The smallest absolute Gasteiger partial charge is 0.358 e. The first-order chi connectivity index (χ1) is 11.1. The zero-order valence-corrected chi connectivity index (χ0v) is 13.5. The topological polar surface area (TPSA) is 78.4 Å². The molecule has 3 heterocycles. The number of pyridine rings is 1. The van der Waals surface area contributed by atoms with Crippen LogP contribution < -0.4 is 0 Å². The van der Waals surface area contributed by atoms with Gasteiger partial charge in [-0.3, -0.25) is 0 Å². The molecule has 0 saturated carbocycles. The molecular formula is C14H7Cl3N2O4. The van der Waals surface area contributed by atoms with E-state index in [4.69, 9.17) is 48.5 Å². The van der Waals surface area contributed by atoms with Crippen molar-refractivity contribution in [2.45, 2.75) is 6.61 Å². The molecule has 0 saturated heterocycles. The number of nitrogens with zero attached hydrogens (tertiary/aromatic N) is 2. The van der Waals surface area contributed by atoms with Crippen molar-refractivity contribution in [2.75, 3.05) is 0 Å². The molecule has 3 aromatic rings. The second-order valence-electron chi connectivity index (χ2n) is 4.32. The molecular weight excluding hydrogens is 367 g/mol. The zero-order valence-electron chi connectivity index (χ0n) is 11.3. The Balaban J connectivity index is 1.69. The lowest BCUT2D eigenvalue weighted by Crippen LogP contribution is -2.08. The van der Waals surface area contributed by atoms with Gasteiger partial charge in [0.2, 0.25) is 5.76 Å². The minimum Gasteiger partial charge on any atom is -0.461 e. The lowest BCUT2D eigenvalue weighted by Gasteiger charge is -2.05. The molecule has 0 bridgehead atoms. The van der Waals surface area contributed by atoms with Gasteiger partial charge in [-0.2, -0.15) is 0 Å². The number of aromatic nitrogens is 2. The first kappa shape index (κ1) is 15.9. The van der Waals surface area contributed by atoms with Crippen molar-refractivity contribution in [3.63, 3.8) is 0 Å². The van der Waals surface area contributed by atoms with E-state index in [9.17, 15) is 4.79 Å². The third kappa shape index (κ3) is 3.34. The highest BCUT2D eigenvalue weighted by Crippen LogP contribution is 2.31. The van der Waals surface area contributed by atoms with Gasteiger partial charge >= 0.3 is 5.97 Å². The van der Waals surface area contributed by atoms with E-state index in [1.54, 1.807) is 18.2 Å². The fourth-order valence-corrected chi connectivity index (χ4v) is 2.27. The van der Waals surface area contributed by atoms with Gasteiger partial charge in [0.15, 0.2) is 11.5 Å². The molecule has 0 aliphatic carbocycles. The molecule has 0 N–H and O–H groups in total. The van der Waals surface area contributed by atoms with Crippen LogP contribution in [-0.2, 0) is 11.3 Å². The van der Waals surface area contributed by atoms with Crippen LogP contribution in [0.2, 0.25) is 15.1 Å². The summed E-state index contributed by atoms with van der Waals surface area (Å²) >= 11 is 17.5. The number of hydrogen-bond donors (Lipinski definition) is 0. The number of furan rings is 1. The minimum atomic E-state index is -0.754. The van der Waals surface area contributed by atoms with Crippen LogP contribution in [0.15, 0.2) is 39.6 Å². The number of hydrogen-bond acceptors (Lipinski definition) is 6. The van der Waals surface area contributed by atoms with Gasteiger partial charge in [0.25, 0.3) is 0 Å². The predicted molar refractivity (Wildman–Crippen MR) is 82.6 cm³/mol. The molecule has 0 unspecified atom stereocenters. The maximum atomic E-state index is 12.0. The minimum absolute atomic E-state index is 0.0387. The molecule has 0 spiro atoms. The lowest BCUT2D eigenvalue weighted by atomic mass is 10.3. The van der Waals surface area contributed by atoms with Crippen molar-refractivity contribution in [2.24, 2.45) is 0 Å². The van der Waals surface area contributed by atoms with Crippen molar-refractivity contribution < 1.29 is 18.5 Å². The van der Waals surface area contributed by atoms with E-state index in [1.165, 1.54) is 12.5 Å². The summed E-state index contributed by atoms with van der Waals surface area (Å²) in [7, 11) is 0. The van der Waals surface area contributed by atoms with Gasteiger partial charge in [-0.1, -0.05) is 40.0 Å². The summed E-state index contributed by atoms with van der Waals surface area (Å²) in [4.78, 5) is 15.8. The number of carbonyl (C=O) groups excluding carboxylic acids is 1. The highest BCUT2D eigenvalue weighted by molar-refractivity contribution is 6.48. The first-order valence-electron chi connectivity index (χ1n) is 6.22. The van der Waals surface area contributed by atoms with Gasteiger partial charge in [-0.15, -0.1) is 0 Å². The van der Waals surface area contributed by atoms with Crippen LogP contribution in [-0.4, -0.2) is 16.1 Å². The molecule has 118 valence electrons. The normalized spacial score (nSPS) is 10.7. The molecule has 9 heteroatoms. The predicted octanol–water partition coefficient (Wildman–Crippen LogP) is 4.65. The highest BCUT2D eigenvalue weighted by Gasteiger charge is 2.19. The van der Waals surface area contributed by atoms with Crippen molar-refractivity contribution in [3.8, 4) is 11.5 Å². The fraction of sp³-hybridized carbons (Fsp3) is 0.0714. The standard InChI is InChI=1S/C14H7Cl3N2O4/c15-8-5-18-13(12(17)11(8)16)14(20)22-6-7-4-10(23-19-7)9-2-1-3-21-9/h1-5H,6H2. The van der Waals surface area contributed by atoms with Gasteiger partial charge in [0.1, 0.15) is 12.3 Å². The summed E-state index contributed by atoms with van der Waals surface area (Å²) in [6, 6.07) is 5.03. The van der Waals surface area contributed by atoms with Crippen LogP contribution >= 0.6 is 34.8 Å². The number of esters is 1. The van der Waals surface area contributed by atoms with Crippen LogP contribution in [0, 0.1) is 0 Å². The number of carbonyl (C=O) groups is 1. The van der Waals surface area contributed by atoms with E-state index in [0.29, 0.717) is 17.2 Å². The summed E-state index contributed by atoms with van der Waals surface area (Å²) in [6.07, 6.45) is 2.73. The van der Waals surface area contributed by atoms with Crippen LogP contribution in [0.25, 0.3) is 11.5 Å². The van der Waals surface area contributed by atoms with Crippen LogP contribution in [0.3, 0.4) is 0 Å². The average Bonchev–Trinajstić information content (AvgIpc) is 3.21. The SMILES string of the molecule is O=C(OCc1cc(-c2ccco2)on1)c1ncc(Cl)c(Cl)c1Cl. The zero-order chi connectivity index (χ0) is 16.4. The number of rotatable bonds is 4. The van der Waals surface area contributed by atoms with E-state index in [2.05, 4.69) is 10.1 Å². The van der Waals surface area contributed by atoms with E-state index in [-0.39, 0.29) is 27.4 Å². The average molecular weight is 374 g/mol. The molecule has 3 aromatic heterocycles. The van der Waals surface area contributed by atoms with Crippen molar-refractivity contribution >= 4 is 40.8 Å². The number of halogens is 3. The van der Waals surface area contributed by atoms with Crippen LogP contribution in [0.5, 0.6) is 0 Å². The quantitative estimate of drug-likeness (QED) is 0.620.